The van der Waals surface area contributed by atoms with Gasteiger partial charge in [-0.15, -0.1) is 11.3 Å². The maximum atomic E-state index is 10.2. The summed E-state index contributed by atoms with van der Waals surface area (Å²) in [4.78, 5) is 0.996. The zero-order valence-corrected chi connectivity index (χ0v) is 12.7. The monoisotopic (exact) mass is 326 g/mol. The van der Waals surface area contributed by atoms with E-state index in [0.717, 1.165) is 20.0 Å². The molecule has 0 aliphatic rings. The molecule has 1 unspecified atom stereocenters. The van der Waals surface area contributed by atoms with Crippen LogP contribution in [0, 0.1) is 6.92 Å². The first-order valence-electron chi connectivity index (χ1n) is 5.67. The summed E-state index contributed by atoms with van der Waals surface area (Å²) in [6, 6.07) is 9.83. The van der Waals surface area contributed by atoms with Crippen molar-refractivity contribution in [2.24, 2.45) is 0 Å². The summed E-state index contributed by atoms with van der Waals surface area (Å²) in [5, 5.41) is 10.2. The SMILES string of the molecule is COc1ccc(CC(O)c2cc(C)c(Br)s2)cc1. The second kappa shape index (κ2) is 5.87. The van der Waals surface area contributed by atoms with E-state index in [2.05, 4.69) is 15.9 Å². The van der Waals surface area contributed by atoms with Crippen LogP contribution in [0.4, 0.5) is 0 Å². The third kappa shape index (κ3) is 3.13. The number of halogens is 1. The molecular formula is C14H15BrO2S. The minimum absolute atomic E-state index is 0.451. The normalized spacial score (nSPS) is 12.4. The molecule has 1 aromatic heterocycles. The van der Waals surface area contributed by atoms with E-state index in [1.807, 2.05) is 37.3 Å². The Bertz CT molecular complexity index is 500. The number of rotatable bonds is 4. The molecule has 2 nitrogen and oxygen atoms in total. The fourth-order valence-corrected chi connectivity index (χ4v) is 3.29. The van der Waals surface area contributed by atoms with Crippen LogP contribution in [-0.2, 0) is 6.42 Å². The Kier molecular flexibility index (Phi) is 4.43. The molecule has 0 radical (unpaired) electrons. The van der Waals surface area contributed by atoms with Crippen molar-refractivity contribution in [1.29, 1.82) is 0 Å². The van der Waals surface area contributed by atoms with Crippen LogP contribution in [-0.4, -0.2) is 12.2 Å². The molecular weight excluding hydrogens is 312 g/mol. The molecule has 1 heterocycles. The molecule has 1 aromatic carbocycles. The Hall–Kier alpha value is -0.840. The minimum Gasteiger partial charge on any atom is -0.497 e. The van der Waals surface area contributed by atoms with Gasteiger partial charge in [-0.25, -0.2) is 0 Å². The average Bonchev–Trinajstić information content (AvgIpc) is 2.71. The van der Waals surface area contributed by atoms with Gasteiger partial charge in [0, 0.05) is 11.3 Å². The Morgan fingerprint density at radius 3 is 2.50 bits per heavy atom. The van der Waals surface area contributed by atoms with E-state index < -0.39 is 6.10 Å². The van der Waals surface area contributed by atoms with Crippen molar-refractivity contribution in [1.82, 2.24) is 0 Å². The van der Waals surface area contributed by atoms with Crippen LogP contribution in [0.3, 0.4) is 0 Å². The lowest BCUT2D eigenvalue weighted by Crippen LogP contribution is -1.99. The highest BCUT2D eigenvalue weighted by molar-refractivity contribution is 9.11. The van der Waals surface area contributed by atoms with E-state index in [1.54, 1.807) is 18.4 Å². The van der Waals surface area contributed by atoms with Crippen LogP contribution in [0.2, 0.25) is 0 Å². The Morgan fingerprint density at radius 2 is 2.00 bits per heavy atom. The van der Waals surface area contributed by atoms with Crippen molar-refractivity contribution < 1.29 is 9.84 Å². The first kappa shape index (κ1) is 13.6. The fraction of sp³-hybridized carbons (Fsp3) is 0.286. The number of hydrogen-bond donors (Lipinski definition) is 1. The number of benzene rings is 1. The van der Waals surface area contributed by atoms with Gasteiger partial charge >= 0.3 is 0 Å². The number of aliphatic hydroxyl groups is 1. The molecule has 0 aliphatic carbocycles. The molecule has 18 heavy (non-hydrogen) atoms. The maximum absolute atomic E-state index is 10.2. The van der Waals surface area contributed by atoms with E-state index in [0.29, 0.717) is 6.42 Å². The van der Waals surface area contributed by atoms with Gasteiger partial charge < -0.3 is 9.84 Å². The van der Waals surface area contributed by atoms with Crippen molar-refractivity contribution in [2.45, 2.75) is 19.4 Å². The van der Waals surface area contributed by atoms with E-state index in [-0.39, 0.29) is 0 Å². The number of thiophene rings is 1. The van der Waals surface area contributed by atoms with Gasteiger partial charge in [0.2, 0.25) is 0 Å². The predicted molar refractivity (Wildman–Crippen MR) is 78.4 cm³/mol. The highest BCUT2D eigenvalue weighted by Gasteiger charge is 2.13. The smallest absolute Gasteiger partial charge is 0.118 e. The lowest BCUT2D eigenvalue weighted by atomic mass is 10.1. The van der Waals surface area contributed by atoms with Crippen molar-refractivity contribution >= 4 is 27.3 Å². The molecule has 1 atom stereocenters. The molecule has 4 heteroatoms. The molecule has 0 aliphatic heterocycles. The largest absolute Gasteiger partial charge is 0.497 e. The number of hydrogen-bond acceptors (Lipinski definition) is 3. The van der Waals surface area contributed by atoms with Gasteiger partial charge in [-0.05, 0) is 52.2 Å². The number of aliphatic hydroxyl groups excluding tert-OH is 1. The molecule has 2 rings (SSSR count). The van der Waals surface area contributed by atoms with Gasteiger partial charge in [0.1, 0.15) is 5.75 Å². The Labute approximate surface area is 119 Å². The van der Waals surface area contributed by atoms with Crippen LogP contribution in [0.5, 0.6) is 5.75 Å². The Balaban J connectivity index is 2.08. The fourth-order valence-electron chi connectivity index (χ4n) is 1.73. The van der Waals surface area contributed by atoms with Gasteiger partial charge in [0.25, 0.3) is 0 Å². The molecule has 0 saturated carbocycles. The number of methoxy groups -OCH3 is 1. The van der Waals surface area contributed by atoms with Crippen LogP contribution >= 0.6 is 27.3 Å². The molecule has 0 bridgehead atoms. The second-order valence-electron chi connectivity index (χ2n) is 4.17. The zero-order valence-electron chi connectivity index (χ0n) is 10.3. The van der Waals surface area contributed by atoms with Crippen LogP contribution in [0.25, 0.3) is 0 Å². The van der Waals surface area contributed by atoms with Crippen LogP contribution < -0.4 is 4.74 Å². The highest BCUT2D eigenvalue weighted by Crippen LogP contribution is 2.32. The first-order chi connectivity index (χ1) is 8.60. The maximum Gasteiger partial charge on any atom is 0.118 e. The topological polar surface area (TPSA) is 29.5 Å². The van der Waals surface area contributed by atoms with Crippen molar-refractivity contribution in [3.8, 4) is 5.75 Å². The summed E-state index contributed by atoms with van der Waals surface area (Å²) in [6.07, 6.45) is 0.171. The quantitative estimate of drug-likeness (QED) is 0.916. The molecule has 0 spiro atoms. The van der Waals surface area contributed by atoms with Crippen LogP contribution in [0.1, 0.15) is 22.1 Å². The van der Waals surface area contributed by atoms with E-state index >= 15 is 0 Å². The first-order valence-corrected chi connectivity index (χ1v) is 7.28. The van der Waals surface area contributed by atoms with Crippen LogP contribution in [0.15, 0.2) is 34.1 Å². The van der Waals surface area contributed by atoms with Gasteiger partial charge in [0.15, 0.2) is 0 Å². The molecule has 96 valence electrons. The lowest BCUT2D eigenvalue weighted by molar-refractivity contribution is 0.182. The minimum atomic E-state index is -0.451. The van der Waals surface area contributed by atoms with Crippen molar-refractivity contribution in [3.05, 3.63) is 50.1 Å². The number of aryl methyl sites for hydroxylation is 1. The van der Waals surface area contributed by atoms with Gasteiger partial charge in [-0.2, -0.15) is 0 Å². The lowest BCUT2D eigenvalue weighted by Gasteiger charge is -2.09. The molecule has 0 saturated heterocycles. The van der Waals surface area contributed by atoms with Gasteiger partial charge in [-0.1, -0.05) is 12.1 Å². The Morgan fingerprint density at radius 1 is 1.33 bits per heavy atom. The summed E-state index contributed by atoms with van der Waals surface area (Å²) in [6.45, 7) is 2.03. The third-order valence-corrected chi connectivity index (χ3v) is 5.03. The second-order valence-corrected chi connectivity index (χ2v) is 6.58. The zero-order chi connectivity index (χ0) is 13.1. The highest BCUT2D eigenvalue weighted by atomic mass is 79.9. The van der Waals surface area contributed by atoms with E-state index in [9.17, 15) is 5.11 Å². The van der Waals surface area contributed by atoms with E-state index in [4.69, 9.17) is 4.74 Å². The number of ether oxygens (including phenoxy) is 1. The van der Waals surface area contributed by atoms with Crippen molar-refractivity contribution in [3.63, 3.8) is 0 Å². The summed E-state index contributed by atoms with van der Waals surface area (Å²) in [5.41, 5.74) is 2.27. The standard InChI is InChI=1S/C14H15BrO2S/c1-9-7-13(18-14(9)15)12(16)8-10-3-5-11(17-2)6-4-10/h3-7,12,16H,8H2,1-2H3. The summed E-state index contributed by atoms with van der Waals surface area (Å²) >= 11 is 5.07. The average molecular weight is 327 g/mol. The molecule has 0 fully saturated rings. The third-order valence-electron chi connectivity index (χ3n) is 2.79. The molecule has 1 N–H and O–H groups in total. The van der Waals surface area contributed by atoms with E-state index in [1.165, 1.54) is 5.56 Å². The molecule has 2 aromatic rings. The summed E-state index contributed by atoms with van der Waals surface area (Å²) < 4.78 is 6.20. The van der Waals surface area contributed by atoms with Crippen molar-refractivity contribution in [2.75, 3.05) is 7.11 Å². The molecule has 0 amide bonds. The van der Waals surface area contributed by atoms with Gasteiger partial charge in [0.05, 0.1) is 17.0 Å². The summed E-state index contributed by atoms with van der Waals surface area (Å²) in [5.74, 6) is 0.836. The predicted octanol–water partition coefficient (Wildman–Crippen LogP) is 4.10. The van der Waals surface area contributed by atoms with Gasteiger partial charge in [-0.3, -0.25) is 0 Å². The summed E-state index contributed by atoms with van der Waals surface area (Å²) in [7, 11) is 1.65.